The lowest BCUT2D eigenvalue weighted by molar-refractivity contribution is 0.311. The first-order valence-electron chi connectivity index (χ1n) is 3.13. The van der Waals surface area contributed by atoms with Gasteiger partial charge in [-0.15, -0.1) is 0 Å². The minimum absolute atomic E-state index is 0.176. The van der Waals surface area contributed by atoms with E-state index >= 15 is 0 Å². The van der Waals surface area contributed by atoms with Crippen molar-refractivity contribution in [3.63, 3.8) is 0 Å². The summed E-state index contributed by atoms with van der Waals surface area (Å²) in [7, 11) is 0. The quantitative estimate of drug-likeness (QED) is 0.427. The Bertz CT molecular complexity index is 116. The fourth-order valence-electron chi connectivity index (χ4n) is 0.313. The second-order valence-corrected chi connectivity index (χ2v) is 3.34. The lowest BCUT2D eigenvalue weighted by Gasteiger charge is -2.25. The van der Waals surface area contributed by atoms with Crippen LogP contribution < -0.4 is 5.32 Å². The van der Waals surface area contributed by atoms with Crippen molar-refractivity contribution >= 4 is 0 Å². The van der Waals surface area contributed by atoms with Crippen molar-refractivity contribution in [3.8, 4) is 6.19 Å². The van der Waals surface area contributed by atoms with Crippen molar-refractivity contribution in [1.29, 1.82) is 5.26 Å². The lowest BCUT2D eigenvalue weighted by atomic mass is 9.88. The number of hydrogen-bond donors (Lipinski definition) is 1. The Morgan fingerprint density at radius 2 is 1.89 bits per heavy atom. The van der Waals surface area contributed by atoms with Crippen LogP contribution in [0.1, 0.15) is 27.7 Å². The Morgan fingerprint density at radius 3 is 2.00 bits per heavy atom. The van der Waals surface area contributed by atoms with Gasteiger partial charge >= 0.3 is 0 Å². The summed E-state index contributed by atoms with van der Waals surface area (Å²) in [4.78, 5) is 0. The molecule has 0 aliphatic rings. The smallest absolute Gasteiger partial charge is 0.176 e. The van der Waals surface area contributed by atoms with Gasteiger partial charge in [0.15, 0.2) is 6.19 Å². The molecule has 1 atom stereocenters. The SMILES string of the molecule is C[C@H](NC#N)C(C)(C)C. The Labute approximate surface area is 56.9 Å². The number of hydrogen-bond acceptors (Lipinski definition) is 2. The van der Waals surface area contributed by atoms with Crippen molar-refractivity contribution in [2.75, 3.05) is 0 Å². The molecule has 0 saturated heterocycles. The molecule has 0 aliphatic heterocycles. The number of rotatable bonds is 1. The third-order valence-electron chi connectivity index (χ3n) is 1.58. The first-order valence-corrected chi connectivity index (χ1v) is 3.13. The van der Waals surface area contributed by atoms with Crippen molar-refractivity contribution in [3.05, 3.63) is 0 Å². The predicted molar refractivity (Wildman–Crippen MR) is 37.7 cm³/mol. The van der Waals surface area contributed by atoms with E-state index in [1.807, 2.05) is 13.1 Å². The second-order valence-electron chi connectivity index (χ2n) is 3.34. The van der Waals surface area contributed by atoms with Gasteiger partial charge in [-0.3, -0.25) is 0 Å². The lowest BCUT2D eigenvalue weighted by Crippen LogP contribution is -2.34. The molecule has 2 nitrogen and oxygen atoms in total. The Kier molecular flexibility index (Phi) is 2.51. The van der Waals surface area contributed by atoms with E-state index < -0.39 is 0 Å². The van der Waals surface area contributed by atoms with Crippen LogP contribution in [0.15, 0.2) is 0 Å². The third kappa shape index (κ3) is 2.97. The van der Waals surface area contributed by atoms with Gasteiger partial charge in [-0.2, -0.15) is 5.26 Å². The Balaban J connectivity index is 3.76. The summed E-state index contributed by atoms with van der Waals surface area (Å²) in [6, 6.07) is 0.252. The van der Waals surface area contributed by atoms with Crippen molar-refractivity contribution in [2.24, 2.45) is 5.41 Å². The van der Waals surface area contributed by atoms with Crippen LogP contribution in [0.5, 0.6) is 0 Å². The van der Waals surface area contributed by atoms with E-state index in [4.69, 9.17) is 5.26 Å². The zero-order valence-corrected chi connectivity index (χ0v) is 6.52. The van der Waals surface area contributed by atoms with E-state index in [1.54, 1.807) is 0 Å². The second kappa shape index (κ2) is 2.72. The molecule has 0 fully saturated rings. The summed E-state index contributed by atoms with van der Waals surface area (Å²) < 4.78 is 0. The zero-order valence-electron chi connectivity index (χ0n) is 6.52. The predicted octanol–water partition coefficient (Wildman–Crippen LogP) is 1.49. The summed E-state index contributed by atoms with van der Waals surface area (Å²) in [5, 5.41) is 10.9. The van der Waals surface area contributed by atoms with Crippen molar-refractivity contribution < 1.29 is 0 Å². The van der Waals surface area contributed by atoms with Crippen LogP contribution in [0, 0.1) is 16.9 Å². The maximum atomic E-state index is 8.24. The third-order valence-corrected chi connectivity index (χ3v) is 1.58. The normalized spacial score (nSPS) is 14.1. The van der Waals surface area contributed by atoms with Gasteiger partial charge in [0.05, 0.1) is 0 Å². The summed E-state index contributed by atoms with van der Waals surface area (Å²) in [5.41, 5.74) is 0.176. The molecule has 0 bridgehead atoms. The molecule has 52 valence electrons. The van der Waals surface area contributed by atoms with E-state index in [1.165, 1.54) is 0 Å². The highest BCUT2D eigenvalue weighted by molar-refractivity contribution is 4.81. The first kappa shape index (κ1) is 8.29. The highest BCUT2D eigenvalue weighted by atomic mass is 14.9. The summed E-state index contributed by atoms with van der Waals surface area (Å²) in [6.45, 7) is 8.30. The number of nitrogens with zero attached hydrogens (tertiary/aromatic N) is 1. The molecule has 9 heavy (non-hydrogen) atoms. The van der Waals surface area contributed by atoms with E-state index in [2.05, 4.69) is 26.1 Å². The fraction of sp³-hybridized carbons (Fsp3) is 0.857. The molecular weight excluding hydrogens is 112 g/mol. The van der Waals surface area contributed by atoms with Crippen LogP contribution in [0.4, 0.5) is 0 Å². The maximum Gasteiger partial charge on any atom is 0.176 e. The monoisotopic (exact) mass is 126 g/mol. The highest BCUT2D eigenvalue weighted by Gasteiger charge is 2.18. The fourth-order valence-corrected chi connectivity index (χ4v) is 0.313. The molecule has 0 aromatic rings. The van der Waals surface area contributed by atoms with Gasteiger partial charge in [0.25, 0.3) is 0 Å². The van der Waals surface area contributed by atoms with Gasteiger partial charge in [0, 0.05) is 6.04 Å². The van der Waals surface area contributed by atoms with Crippen LogP contribution in [0.25, 0.3) is 0 Å². The molecule has 1 N–H and O–H groups in total. The zero-order chi connectivity index (χ0) is 7.49. The van der Waals surface area contributed by atoms with Crippen LogP contribution in [0.2, 0.25) is 0 Å². The minimum Gasteiger partial charge on any atom is -0.321 e. The summed E-state index contributed by atoms with van der Waals surface area (Å²) >= 11 is 0. The van der Waals surface area contributed by atoms with E-state index in [9.17, 15) is 0 Å². The van der Waals surface area contributed by atoms with Crippen LogP contribution in [-0.2, 0) is 0 Å². The van der Waals surface area contributed by atoms with Gasteiger partial charge in [0.2, 0.25) is 0 Å². The molecule has 0 saturated carbocycles. The summed E-state index contributed by atoms with van der Waals surface area (Å²) in [6.07, 6.45) is 1.92. The van der Waals surface area contributed by atoms with Crippen LogP contribution in [-0.4, -0.2) is 6.04 Å². The molecule has 0 spiro atoms. The molecule has 0 heterocycles. The Morgan fingerprint density at radius 1 is 1.44 bits per heavy atom. The number of nitriles is 1. The van der Waals surface area contributed by atoms with Crippen molar-refractivity contribution in [1.82, 2.24) is 5.32 Å². The molecule has 0 amide bonds. The van der Waals surface area contributed by atoms with Crippen molar-refractivity contribution in [2.45, 2.75) is 33.7 Å². The minimum atomic E-state index is 0.176. The topological polar surface area (TPSA) is 35.8 Å². The van der Waals surface area contributed by atoms with Crippen LogP contribution in [0.3, 0.4) is 0 Å². The van der Waals surface area contributed by atoms with E-state index in [0.717, 1.165) is 0 Å². The van der Waals surface area contributed by atoms with Gasteiger partial charge in [-0.25, -0.2) is 0 Å². The van der Waals surface area contributed by atoms with E-state index in [0.29, 0.717) is 0 Å². The standard InChI is InChI=1S/C7H14N2/c1-6(9-5-8)7(2,3)4/h6,9H,1-4H3/t6-/m0/s1. The molecule has 0 aliphatic carbocycles. The molecular formula is C7H14N2. The molecule has 0 radical (unpaired) electrons. The van der Waals surface area contributed by atoms with Crippen LogP contribution >= 0.6 is 0 Å². The van der Waals surface area contributed by atoms with Gasteiger partial charge < -0.3 is 5.32 Å². The Hall–Kier alpha value is -0.710. The average molecular weight is 126 g/mol. The van der Waals surface area contributed by atoms with Gasteiger partial charge in [-0.1, -0.05) is 20.8 Å². The highest BCUT2D eigenvalue weighted by Crippen LogP contribution is 2.17. The summed E-state index contributed by atoms with van der Waals surface area (Å²) in [5.74, 6) is 0. The van der Waals surface area contributed by atoms with E-state index in [-0.39, 0.29) is 11.5 Å². The molecule has 0 rings (SSSR count). The molecule has 0 unspecified atom stereocenters. The molecule has 0 aromatic heterocycles. The first-order chi connectivity index (χ1) is 3.98. The maximum absolute atomic E-state index is 8.24. The number of nitrogens with one attached hydrogen (secondary N) is 1. The average Bonchev–Trinajstić information content (AvgIpc) is 1.64. The molecule has 2 heteroatoms. The molecule has 0 aromatic carbocycles. The largest absolute Gasteiger partial charge is 0.321 e. The van der Waals surface area contributed by atoms with Gasteiger partial charge in [-0.05, 0) is 12.3 Å². The van der Waals surface area contributed by atoms with Gasteiger partial charge in [0.1, 0.15) is 0 Å².